The van der Waals surface area contributed by atoms with Crippen molar-refractivity contribution in [2.45, 2.75) is 31.9 Å². The molecular weight excluding hydrogens is 276 g/mol. The lowest BCUT2D eigenvalue weighted by atomic mass is 10.2. The minimum Gasteiger partial charge on any atom is -0.325 e. The van der Waals surface area contributed by atoms with Crippen LogP contribution in [-0.4, -0.2) is 25.3 Å². The predicted octanol–water partition coefficient (Wildman–Crippen LogP) is 2.04. The number of sulfone groups is 1. The molecule has 0 spiro atoms. The van der Waals surface area contributed by atoms with Crippen LogP contribution in [-0.2, 0) is 14.6 Å². The molecule has 0 aromatic heterocycles. The molecule has 0 radical (unpaired) electrons. The van der Waals surface area contributed by atoms with E-state index in [4.69, 9.17) is 5.26 Å². The Hall–Kier alpha value is -1.87. The smallest absolute Gasteiger partial charge is 0.242 e. The van der Waals surface area contributed by atoms with Crippen molar-refractivity contribution < 1.29 is 13.2 Å². The number of carbonyl (C=O) groups is 1. The second-order valence-corrected chi connectivity index (χ2v) is 7.02. The summed E-state index contributed by atoms with van der Waals surface area (Å²) in [7, 11) is -3.53. The standard InChI is InChI=1S/C14H18N2O3S/c1-11-7-3-4-8-13(11)16-14(17)12(2)20(18,19)10-6-5-9-15/h3-4,7-8,12H,5-6,10H2,1-2H3,(H,16,17). The first-order chi connectivity index (χ1) is 9.38. The van der Waals surface area contributed by atoms with Crippen LogP contribution in [0, 0.1) is 18.3 Å². The summed E-state index contributed by atoms with van der Waals surface area (Å²) in [5, 5.41) is 9.91. The molecule has 6 heteroatoms. The molecular formula is C14H18N2O3S. The van der Waals surface area contributed by atoms with Crippen molar-refractivity contribution in [3.63, 3.8) is 0 Å². The Bertz CT molecular complexity index is 618. The van der Waals surface area contributed by atoms with Gasteiger partial charge in [-0.3, -0.25) is 4.79 Å². The van der Waals surface area contributed by atoms with E-state index in [9.17, 15) is 13.2 Å². The summed E-state index contributed by atoms with van der Waals surface area (Å²) in [6.45, 7) is 3.21. The highest BCUT2D eigenvalue weighted by Crippen LogP contribution is 2.15. The Labute approximate surface area is 119 Å². The minimum absolute atomic E-state index is 0.150. The van der Waals surface area contributed by atoms with Gasteiger partial charge < -0.3 is 5.32 Å². The Morgan fingerprint density at radius 1 is 1.40 bits per heavy atom. The van der Waals surface area contributed by atoms with Crippen molar-refractivity contribution in [3.05, 3.63) is 29.8 Å². The van der Waals surface area contributed by atoms with Crippen LogP contribution in [0.4, 0.5) is 5.69 Å². The molecule has 1 amide bonds. The molecule has 0 saturated carbocycles. The maximum Gasteiger partial charge on any atom is 0.242 e. The maximum absolute atomic E-state index is 12.0. The summed E-state index contributed by atoms with van der Waals surface area (Å²) >= 11 is 0. The summed E-state index contributed by atoms with van der Waals surface area (Å²) in [6.07, 6.45) is 0.423. The van der Waals surface area contributed by atoms with Gasteiger partial charge in [0.2, 0.25) is 5.91 Å². The van der Waals surface area contributed by atoms with E-state index in [0.717, 1.165) is 5.56 Å². The van der Waals surface area contributed by atoms with Crippen LogP contribution in [0.15, 0.2) is 24.3 Å². The molecule has 1 atom stereocenters. The van der Waals surface area contributed by atoms with Crippen molar-refractivity contribution in [2.75, 3.05) is 11.1 Å². The van der Waals surface area contributed by atoms with E-state index in [0.29, 0.717) is 5.69 Å². The van der Waals surface area contributed by atoms with Gasteiger partial charge in [0.05, 0.1) is 11.8 Å². The van der Waals surface area contributed by atoms with E-state index < -0.39 is 21.0 Å². The fourth-order valence-electron chi connectivity index (χ4n) is 1.64. The molecule has 0 aliphatic carbocycles. The second-order valence-electron chi connectivity index (χ2n) is 4.58. The number of rotatable bonds is 6. The van der Waals surface area contributed by atoms with Crippen molar-refractivity contribution >= 4 is 21.4 Å². The van der Waals surface area contributed by atoms with Gasteiger partial charge in [-0.25, -0.2) is 8.42 Å². The van der Waals surface area contributed by atoms with E-state index in [1.165, 1.54) is 6.92 Å². The van der Waals surface area contributed by atoms with E-state index in [1.54, 1.807) is 12.1 Å². The van der Waals surface area contributed by atoms with Gasteiger partial charge in [-0.15, -0.1) is 0 Å². The van der Waals surface area contributed by atoms with Gasteiger partial charge >= 0.3 is 0 Å². The highest BCUT2D eigenvalue weighted by Gasteiger charge is 2.27. The van der Waals surface area contributed by atoms with Crippen LogP contribution in [0.25, 0.3) is 0 Å². The van der Waals surface area contributed by atoms with Gasteiger partial charge in [0, 0.05) is 12.1 Å². The molecule has 0 bridgehead atoms. The molecule has 108 valence electrons. The Kier molecular flexibility index (Phi) is 5.71. The number of hydrogen-bond donors (Lipinski definition) is 1. The predicted molar refractivity (Wildman–Crippen MR) is 77.9 cm³/mol. The molecule has 0 aliphatic heterocycles. The topological polar surface area (TPSA) is 87.0 Å². The van der Waals surface area contributed by atoms with Crippen molar-refractivity contribution in [2.24, 2.45) is 0 Å². The maximum atomic E-state index is 12.0. The van der Waals surface area contributed by atoms with Gasteiger partial charge in [-0.1, -0.05) is 18.2 Å². The molecule has 1 N–H and O–H groups in total. The van der Waals surface area contributed by atoms with Crippen LogP contribution in [0.3, 0.4) is 0 Å². The highest BCUT2D eigenvalue weighted by atomic mass is 32.2. The van der Waals surface area contributed by atoms with Crippen molar-refractivity contribution in [1.29, 1.82) is 5.26 Å². The zero-order valence-corrected chi connectivity index (χ0v) is 12.4. The normalized spacial score (nSPS) is 12.4. The number of hydrogen-bond acceptors (Lipinski definition) is 4. The lowest BCUT2D eigenvalue weighted by Crippen LogP contribution is -2.34. The number of unbranched alkanes of at least 4 members (excludes halogenated alkanes) is 1. The number of para-hydroxylation sites is 1. The van der Waals surface area contributed by atoms with E-state index in [2.05, 4.69) is 5.32 Å². The number of amides is 1. The molecule has 20 heavy (non-hydrogen) atoms. The average Bonchev–Trinajstić information content (AvgIpc) is 2.40. The van der Waals surface area contributed by atoms with Crippen LogP contribution in [0.2, 0.25) is 0 Å². The van der Waals surface area contributed by atoms with Gasteiger partial charge in [0.15, 0.2) is 9.84 Å². The molecule has 1 rings (SSSR count). The van der Waals surface area contributed by atoms with Crippen molar-refractivity contribution in [3.8, 4) is 6.07 Å². The lowest BCUT2D eigenvalue weighted by molar-refractivity contribution is -0.115. The second kappa shape index (κ2) is 7.06. The first-order valence-electron chi connectivity index (χ1n) is 6.33. The largest absolute Gasteiger partial charge is 0.325 e. The number of anilines is 1. The first-order valence-corrected chi connectivity index (χ1v) is 8.05. The monoisotopic (exact) mass is 294 g/mol. The zero-order chi connectivity index (χ0) is 15.2. The third kappa shape index (κ3) is 4.35. The highest BCUT2D eigenvalue weighted by molar-refractivity contribution is 7.92. The number of nitrogens with one attached hydrogen (secondary N) is 1. The number of benzene rings is 1. The van der Waals surface area contributed by atoms with Gasteiger partial charge in [0.1, 0.15) is 5.25 Å². The summed E-state index contributed by atoms with van der Waals surface area (Å²) in [6, 6.07) is 9.06. The molecule has 1 aromatic rings. The van der Waals surface area contributed by atoms with Gasteiger partial charge in [-0.2, -0.15) is 5.26 Å². The van der Waals surface area contributed by atoms with E-state index in [1.807, 2.05) is 25.1 Å². The van der Waals surface area contributed by atoms with Crippen LogP contribution >= 0.6 is 0 Å². The fraction of sp³-hybridized carbons (Fsp3) is 0.429. The number of nitrogens with zero attached hydrogens (tertiary/aromatic N) is 1. The molecule has 0 fully saturated rings. The summed E-state index contributed by atoms with van der Waals surface area (Å²) in [4.78, 5) is 12.0. The SMILES string of the molecule is Cc1ccccc1NC(=O)C(C)S(=O)(=O)CCCC#N. The van der Waals surface area contributed by atoms with Crippen molar-refractivity contribution in [1.82, 2.24) is 0 Å². The number of carbonyl (C=O) groups excluding carboxylic acids is 1. The third-order valence-electron chi connectivity index (χ3n) is 3.03. The average molecular weight is 294 g/mol. The van der Waals surface area contributed by atoms with Gasteiger partial charge in [0.25, 0.3) is 0 Å². The summed E-state index contributed by atoms with van der Waals surface area (Å²) in [5.74, 6) is -0.695. The molecule has 0 aliphatic rings. The Morgan fingerprint density at radius 3 is 2.65 bits per heavy atom. The van der Waals surface area contributed by atoms with Crippen LogP contribution in [0.5, 0.6) is 0 Å². The third-order valence-corrected chi connectivity index (χ3v) is 5.18. The number of aryl methyl sites for hydroxylation is 1. The van der Waals surface area contributed by atoms with E-state index in [-0.39, 0.29) is 18.6 Å². The Morgan fingerprint density at radius 2 is 2.05 bits per heavy atom. The lowest BCUT2D eigenvalue weighted by Gasteiger charge is -2.14. The molecule has 0 saturated heterocycles. The fourth-order valence-corrected chi connectivity index (χ4v) is 2.93. The minimum atomic E-state index is -3.53. The van der Waals surface area contributed by atoms with Crippen LogP contribution < -0.4 is 5.32 Å². The van der Waals surface area contributed by atoms with E-state index >= 15 is 0 Å². The molecule has 1 aromatic carbocycles. The summed E-state index contributed by atoms with van der Waals surface area (Å²) < 4.78 is 23.9. The molecule has 1 unspecified atom stereocenters. The quantitative estimate of drug-likeness (QED) is 0.813. The number of nitriles is 1. The summed E-state index contributed by atoms with van der Waals surface area (Å²) in [5.41, 5.74) is 1.48. The zero-order valence-electron chi connectivity index (χ0n) is 11.6. The van der Waals surface area contributed by atoms with Crippen LogP contribution in [0.1, 0.15) is 25.3 Å². The Balaban J connectivity index is 2.72. The molecule has 0 heterocycles. The molecule has 5 nitrogen and oxygen atoms in total. The first kappa shape index (κ1) is 16.2. The van der Waals surface area contributed by atoms with Gasteiger partial charge in [-0.05, 0) is 31.9 Å².